The van der Waals surface area contributed by atoms with E-state index in [0.717, 1.165) is 32.0 Å². The Morgan fingerprint density at radius 3 is 2.57 bits per heavy atom. The lowest BCUT2D eigenvalue weighted by Crippen LogP contribution is -2.48. The maximum atomic E-state index is 12.0. The standard InChI is InChI=1S/C17H33N3O.2ClH/c1-14-5-3-4-12-20(14)15(2)13-19-17(21)7-6-16-8-10-18-11-9-16;;/h14-16,18H,3-13H2,1-2H3,(H,19,21);2*1H. The summed E-state index contributed by atoms with van der Waals surface area (Å²) in [5.41, 5.74) is 0. The maximum Gasteiger partial charge on any atom is 0.220 e. The Balaban J connectivity index is 0.00000242. The molecule has 2 N–H and O–H groups in total. The van der Waals surface area contributed by atoms with E-state index in [-0.39, 0.29) is 30.7 Å². The molecule has 2 rings (SSSR count). The molecule has 0 bridgehead atoms. The minimum atomic E-state index is 0. The van der Waals surface area contributed by atoms with Crippen molar-refractivity contribution in [1.82, 2.24) is 15.5 Å². The second-order valence-electron chi connectivity index (χ2n) is 6.97. The molecule has 2 fully saturated rings. The van der Waals surface area contributed by atoms with Crippen molar-refractivity contribution in [1.29, 1.82) is 0 Å². The van der Waals surface area contributed by atoms with E-state index in [2.05, 4.69) is 29.4 Å². The lowest BCUT2D eigenvalue weighted by molar-refractivity contribution is -0.121. The summed E-state index contributed by atoms with van der Waals surface area (Å²) in [5, 5.41) is 6.52. The molecule has 2 atom stereocenters. The quantitative estimate of drug-likeness (QED) is 0.758. The Bertz CT molecular complexity index is 325. The third kappa shape index (κ3) is 8.06. The van der Waals surface area contributed by atoms with E-state index in [9.17, 15) is 4.79 Å². The van der Waals surface area contributed by atoms with Gasteiger partial charge in [0.05, 0.1) is 0 Å². The van der Waals surface area contributed by atoms with E-state index < -0.39 is 0 Å². The molecule has 0 aromatic carbocycles. The third-order valence-electron chi connectivity index (χ3n) is 5.25. The molecule has 0 aliphatic carbocycles. The number of piperidine rings is 2. The van der Waals surface area contributed by atoms with Crippen molar-refractivity contribution >= 4 is 30.7 Å². The van der Waals surface area contributed by atoms with Crippen molar-refractivity contribution in [2.24, 2.45) is 5.92 Å². The first-order chi connectivity index (χ1) is 10.2. The molecule has 1 amide bonds. The molecule has 138 valence electrons. The molecule has 6 heteroatoms. The predicted molar refractivity (Wildman–Crippen MR) is 102 cm³/mol. The number of nitrogens with zero attached hydrogens (tertiary/aromatic N) is 1. The Labute approximate surface area is 154 Å². The van der Waals surface area contributed by atoms with Gasteiger partial charge in [0.2, 0.25) is 5.91 Å². The largest absolute Gasteiger partial charge is 0.355 e. The van der Waals surface area contributed by atoms with E-state index in [1.807, 2.05) is 0 Å². The van der Waals surface area contributed by atoms with Crippen LogP contribution in [0.4, 0.5) is 0 Å². The Kier molecular flexibility index (Phi) is 12.3. The van der Waals surface area contributed by atoms with Gasteiger partial charge in [-0.1, -0.05) is 6.42 Å². The van der Waals surface area contributed by atoms with Gasteiger partial charge in [0, 0.05) is 25.0 Å². The summed E-state index contributed by atoms with van der Waals surface area (Å²) in [6.45, 7) is 8.79. The van der Waals surface area contributed by atoms with Gasteiger partial charge in [0.15, 0.2) is 0 Å². The molecule has 2 unspecified atom stereocenters. The van der Waals surface area contributed by atoms with E-state index >= 15 is 0 Å². The first-order valence-corrected chi connectivity index (χ1v) is 8.90. The van der Waals surface area contributed by atoms with Crippen molar-refractivity contribution in [2.75, 3.05) is 26.2 Å². The van der Waals surface area contributed by atoms with Gasteiger partial charge >= 0.3 is 0 Å². The zero-order chi connectivity index (χ0) is 15.1. The Hall–Kier alpha value is -0.0300. The second-order valence-corrected chi connectivity index (χ2v) is 6.97. The number of hydrogen-bond donors (Lipinski definition) is 2. The van der Waals surface area contributed by atoms with E-state index in [0.29, 0.717) is 18.5 Å². The number of carbonyl (C=O) groups excluding carboxylic acids is 1. The molecule has 0 aromatic rings. The van der Waals surface area contributed by atoms with Gasteiger partial charge in [-0.15, -0.1) is 24.8 Å². The third-order valence-corrected chi connectivity index (χ3v) is 5.25. The highest BCUT2D eigenvalue weighted by molar-refractivity contribution is 5.85. The molecular weight excluding hydrogens is 333 g/mol. The van der Waals surface area contributed by atoms with Gasteiger partial charge in [0.25, 0.3) is 0 Å². The topological polar surface area (TPSA) is 44.4 Å². The number of rotatable bonds is 6. The molecule has 0 saturated carbocycles. The fraction of sp³-hybridized carbons (Fsp3) is 0.941. The van der Waals surface area contributed by atoms with Crippen LogP contribution in [-0.2, 0) is 4.79 Å². The molecule has 0 spiro atoms. The van der Waals surface area contributed by atoms with Crippen molar-refractivity contribution in [3.05, 3.63) is 0 Å². The van der Waals surface area contributed by atoms with E-state index in [4.69, 9.17) is 0 Å². The molecule has 2 heterocycles. The molecule has 2 saturated heterocycles. The van der Waals surface area contributed by atoms with Crippen LogP contribution in [0.25, 0.3) is 0 Å². The summed E-state index contributed by atoms with van der Waals surface area (Å²) in [6.07, 6.45) is 8.18. The van der Waals surface area contributed by atoms with Crippen LogP contribution < -0.4 is 10.6 Å². The highest BCUT2D eigenvalue weighted by Crippen LogP contribution is 2.19. The number of likely N-dealkylation sites (tertiary alicyclic amines) is 1. The minimum absolute atomic E-state index is 0. The number of nitrogens with one attached hydrogen (secondary N) is 2. The number of amides is 1. The smallest absolute Gasteiger partial charge is 0.220 e. The monoisotopic (exact) mass is 367 g/mol. The summed E-state index contributed by atoms with van der Waals surface area (Å²) in [4.78, 5) is 14.6. The zero-order valence-corrected chi connectivity index (χ0v) is 16.3. The number of halogens is 2. The van der Waals surface area contributed by atoms with Gasteiger partial charge in [0.1, 0.15) is 0 Å². The second kappa shape index (κ2) is 12.3. The molecule has 0 radical (unpaired) electrons. The highest BCUT2D eigenvalue weighted by atomic mass is 35.5. The van der Waals surface area contributed by atoms with Crippen LogP contribution in [0.15, 0.2) is 0 Å². The van der Waals surface area contributed by atoms with E-state index in [1.54, 1.807) is 0 Å². The van der Waals surface area contributed by atoms with Crippen LogP contribution in [0.5, 0.6) is 0 Å². The van der Waals surface area contributed by atoms with Gasteiger partial charge in [-0.3, -0.25) is 9.69 Å². The molecule has 23 heavy (non-hydrogen) atoms. The van der Waals surface area contributed by atoms with Gasteiger partial charge in [-0.05, 0) is 71.5 Å². The average Bonchev–Trinajstić information content (AvgIpc) is 2.52. The van der Waals surface area contributed by atoms with Gasteiger partial charge < -0.3 is 10.6 Å². The average molecular weight is 368 g/mol. The molecule has 2 aliphatic heterocycles. The summed E-state index contributed by atoms with van der Waals surface area (Å²) >= 11 is 0. The van der Waals surface area contributed by atoms with Crippen molar-refractivity contribution in [3.63, 3.8) is 0 Å². The van der Waals surface area contributed by atoms with Crippen LogP contribution in [-0.4, -0.2) is 49.1 Å². The summed E-state index contributed by atoms with van der Waals surface area (Å²) in [5.74, 6) is 0.988. The number of hydrogen-bond acceptors (Lipinski definition) is 3. The van der Waals surface area contributed by atoms with Crippen LogP contribution in [0.3, 0.4) is 0 Å². The van der Waals surface area contributed by atoms with Crippen LogP contribution >= 0.6 is 24.8 Å². The Morgan fingerprint density at radius 2 is 1.91 bits per heavy atom. The number of carbonyl (C=O) groups is 1. The molecule has 0 aromatic heterocycles. The van der Waals surface area contributed by atoms with Crippen molar-refractivity contribution in [2.45, 2.75) is 70.9 Å². The lowest BCUT2D eigenvalue weighted by Gasteiger charge is -2.38. The SMILES string of the molecule is CC1CCCCN1C(C)CNC(=O)CCC1CCNCC1.Cl.Cl. The van der Waals surface area contributed by atoms with Gasteiger partial charge in [-0.25, -0.2) is 0 Å². The predicted octanol–water partition coefficient (Wildman–Crippen LogP) is 2.99. The molecular formula is C17H35Cl2N3O. The van der Waals surface area contributed by atoms with Crippen LogP contribution in [0.1, 0.15) is 58.8 Å². The fourth-order valence-corrected chi connectivity index (χ4v) is 3.75. The fourth-order valence-electron chi connectivity index (χ4n) is 3.75. The Morgan fingerprint density at radius 1 is 1.22 bits per heavy atom. The summed E-state index contributed by atoms with van der Waals surface area (Å²) < 4.78 is 0. The lowest BCUT2D eigenvalue weighted by atomic mass is 9.93. The first-order valence-electron chi connectivity index (χ1n) is 8.90. The van der Waals surface area contributed by atoms with Crippen LogP contribution in [0.2, 0.25) is 0 Å². The molecule has 4 nitrogen and oxygen atoms in total. The molecule has 2 aliphatic rings. The van der Waals surface area contributed by atoms with Crippen LogP contribution in [0, 0.1) is 5.92 Å². The minimum Gasteiger partial charge on any atom is -0.355 e. The van der Waals surface area contributed by atoms with Crippen molar-refractivity contribution in [3.8, 4) is 0 Å². The normalized spacial score (nSPS) is 24.2. The van der Waals surface area contributed by atoms with Gasteiger partial charge in [-0.2, -0.15) is 0 Å². The summed E-state index contributed by atoms with van der Waals surface area (Å²) in [7, 11) is 0. The first kappa shape index (κ1) is 23.0. The maximum absolute atomic E-state index is 12.0. The van der Waals surface area contributed by atoms with Crippen molar-refractivity contribution < 1.29 is 4.79 Å². The highest BCUT2D eigenvalue weighted by Gasteiger charge is 2.23. The summed E-state index contributed by atoms with van der Waals surface area (Å²) in [6, 6.07) is 1.13. The zero-order valence-electron chi connectivity index (χ0n) is 14.7. The van der Waals surface area contributed by atoms with E-state index in [1.165, 1.54) is 38.6 Å².